The molecule has 116 valence electrons. The van der Waals surface area contributed by atoms with Crippen molar-refractivity contribution in [3.05, 3.63) is 78.4 Å². The van der Waals surface area contributed by atoms with Gasteiger partial charge in [-0.25, -0.2) is 4.39 Å². The molecule has 3 rings (SSSR count). The largest absolute Gasteiger partial charge is 0.494 e. The van der Waals surface area contributed by atoms with Crippen LogP contribution < -0.4 is 9.47 Å². The zero-order valence-corrected chi connectivity index (χ0v) is 12.4. The molecule has 0 spiro atoms. The van der Waals surface area contributed by atoms with Crippen molar-refractivity contribution in [3.63, 3.8) is 0 Å². The monoisotopic (exact) mass is 312 g/mol. The van der Waals surface area contributed by atoms with Gasteiger partial charge in [0.25, 0.3) is 0 Å². The number of rotatable bonds is 4. The van der Waals surface area contributed by atoms with E-state index >= 15 is 0 Å². The van der Waals surface area contributed by atoms with Crippen LogP contribution in [-0.2, 0) is 0 Å². The van der Waals surface area contributed by atoms with Crippen LogP contribution in [0.3, 0.4) is 0 Å². The van der Waals surface area contributed by atoms with Gasteiger partial charge >= 0.3 is 0 Å². The van der Waals surface area contributed by atoms with Crippen LogP contribution in [0, 0.1) is 11.6 Å². The molecule has 0 fully saturated rings. The summed E-state index contributed by atoms with van der Waals surface area (Å²) < 4.78 is 38.9. The molecule has 0 saturated heterocycles. The first kappa shape index (κ1) is 15.0. The molecule has 0 amide bonds. The number of halogens is 2. The lowest BCUT2D eigenvalue weighted by Crippen LogP contribution is -1.96. The summed E-state index contributed by atoms with van der Waals surface area (Å²) in [5, 5.41) is 0. The maximum Gasteiger partial charge on any atom is 0.201 e. The average Bonchev–Trinajstić information content (AvgIpc) is 2.59. The van der Waals surface area contributed by atoms with Gasteiger partial charge in [-0.3, -0.25) is 0 Å². The van der Waals surface area contributed by atoms with Crippen molar-refractivity contribution < 1.29 is 18.3 Å². The number of hydrogen-bond acceptors (Lipinski definition) is 2. The van der Waals surface area contributed by atoms with Crippen molar-refractivity contribution in [2.45, 2.75) is 0 Å². The van der Waals surface area contributed by atoms with Crippen LogP contribution in [0.4, 0.5) is 8.78 Å². The van der Waals surface area contributed by atoms with E-state index < -0.39 is 11.6 Å². The molecule has 0 heterocycles. The van der Waals surface area contributed by atoms with Gasteiger partial charge in [0.1, 0.15) is 11.5 Å². The Morgan fingerprint density at radius 3 is 2.09 bits per heavy atom. The minimum absolute atomic E-state index is 0.120. The number of benzene rings is 3. The van der Waals surface area contributed by atoms with E-state index in [-0.39, 0.29) is 11.3 Å². The predicted octanol–water partition coefficient (Wildman–Crippen LogP) is 5.43. The van der Waals surface area contributed by atoms with Crippen molar-refractivity contribution in [1.29, 1.82) is 0 Å². The number of para-hydroxylation sites is 2. The quantitative estimate of drug-likeness (QED) is 0.639. The fourth-order valence-electron chi connectivity index (χ4n) is 2.29. The van der Waals surface area contributed by atoms with Gasteiger partial charge in [-0.15, -0.1) is 0 Å². The first-order chi connectivity index (χ1) is 11.2. The Kier molecular flexibility index (Phi) is 4.24. The smallest absolute Gasteiger partial charge is 0.201 e. The van der Waals surface area contributed by atoms with Gasteiger partial charge < -0.3 is 9.47 Å². The van der Waals surface area contributed by atoms with E-state index in [1.165, 1.54) is 19.2 Å². The van der Waals surface area contributed by atoms with Crippen LogP contribution in [0.25, 0.3) is 11.1 Å². The standard InChI is InChI=1S/C19H14F2O2/c1-22-17-12-11-15(18(20)19(17)21)14-9-5-6-10-16(14)23-13-7-3-2-4-8-13/h2-12H,1H3. The molecule has 3 aromatic carbocycles. The zero-order chi connectivity index (χ0) is 16.2. The fraction of sp³-hybridized carbons (Fsp3) is 0.0526. The third-order valence-electron chi connectivity index (χ3n) is 3.42. The average molecular weight is 312 g/mol. The van der Waals surface area contributed by atoms with Gasteiger partial charge in [0.15, 0.2) is 11.6 Å². The SMILES string of the molecule is COc1ccc(-c2ccccc2Oc2ccccc2)c(F)c1F. The van der Waals surface area contributed by atoms with Crippen molar-refractivity contribution in [2.24, 2.45) is 0 Å². The van der Waals surface area contributed by atoms with Crippen molar-refractivity contribution >= 4 is 0 Å². The summed E-state index contributed by atoms with van der Waals surface area (Å²) in [6.07, 6.45) is 0. The van der Waals surface area contributed by atoms with Crippen molar-refractivity contribution in [3.8, 4) is 28.4 Å². The normalized spacial score (nSPS) is 10.4. The van der Waals surface area contributed by atoms with E-state index in [9.17, 15) is 8.78 Å². The van der Waals surface area contributed by atoms with Gasteiger partial charge in [-0.05, 0) is 30.3 Å². The minimum Gasteiger partial charge on any atom is -0.494 e. The predicted molar refractivity (Wildman–Crippen MR) is 84.9 cm³/mol. The maximum atomic E-state index is 14.3. The highest BCUT2D eigenvalue weighted by Crippen LogP contribution is 2.36. The van der Waals surface area contributed by atoms with Crippen LogP contribution in [0.5, 0.6) is 17.2 Å². The Labute approximate surface area is 132 Å². The molecule has 0 aliphatic rings. The van der Waals surface area contributed by atoms with Gasteiger partial charge in [0, 0.05) is 11.1 Å². The third kappa shape index (κ3) is 3.01. The molecule has 0 N–H and O–H groups in total. The lowest BCUT2D eigenvalue weighted by molar-refractivity contribution is 0.372. The van der Waals surface area contributed by atoms with Crippen molar-refractivity contribution in [2.75, 3.05) is 7.11 Å². The molecule has 0 aromatic heterocycles. The summed E-state index contributed by atoms with van der Waals surface area (Å²) in [6, 6.07) is 18.9. The van der Waals surface area contributed by atoms with Gasteiger partial charge in [0.05, 0.1) is 7.11 Å². The van der Waals surface area contributed by atoms with E-state index in [0.717, 1.165) is 0 Å². The number of methoxy groups -OCH3 is 1. The first-order valence-corrected chi connectivity index (χ1v) is 7.05. The lowest BCUT2D eigenvalue weighted by Gasteiger charge is -2.13. The lowest BCUT2D eigenvalue weighted by atomic mass is 10.0. The molecule has 3 aromatic rings. The third-order valence-corrected chi connectivity index (χ3v) is 3.42. The second kappa shape index (κ2) is 6.48. The molecule has 0 radical (unpaired) electrons. The van der Waals surface area contributed by atoms with Crippen LogP contribution in [0.1, 0.15) is 0 Å². The molecule has 0 atom stereocenters. The van der Waals surface area contributed by atoms with E-state index in [1.54, 1.807) is 36.4 Å². The fourth-order valence-corrected chi connectivity index (χ4v) is 2.29. The summed E-state index contributed by atoms with van der Waals surface area (Å²) >= 11 is 0. The van der Waals surface area contributed by atoms with E-state index in [1.807, 2.05) is 18.2 Å². The molecule has 0 aliphatic heterocycles. The molecule has 0 saturated carbocycles. The molecule has 0 unspecified atom stereocenters. The van der Waals surface area contributed by atoms with E-state index in [4.69, 9.17) is 9.47 Å². The summed E-state index contributed by atoms with van der Waals surface area (Å²) in [6.45, 7) is 0. The molecule has 0 bridgehead atoms. The Morgan fingerprint density at radius 1 is 0.652 bits per heavy atom. The van der Waals surface area contributed by atoms with Crippen LogP contribution in [0.15, 0.2) is 66.7 Å². The Bertz CT molecular complexity index is 817. The van der Waals surface area contributed by atoms with Crippen LogP contribution in [-0.4, -0.2) is 7.11 Å². The molecule has 0 aliphatic carbocycles. The maximum absolute atomic E-state index is 14.3. The summed E-state index contributed by atoms with van der Waals surface area (Å²) in [5.74, 6) is -1.04. The Hall–Kier alpha value is -2.88. The van der Waals surface area contributed by atoms with E-state index in [2.05, 4.69) is 0 Å². The van der Waals surface area contributed by atoms with Gasteiger partial charge in [-0.2, -0.15) is 4.39 Å². The highest BCUT2D eigenvalue weighted by atomic mass is 19.2. The van der Waals surface area contributed by atoms with Crippen LogP contribution in [0.2, 0.25) is 0 Å². The summed E-state index contributed by atoms with van der Waals surface area (Å²) in [7, 11) is 1.30. The minimum atomic E-state index is -1.01. The summed E-state index contributed by atoms with van der Waals surface area (Å²) in [4.78, 5) is 0. The topological polar surface area (TPSA) is 18.5 Å². The molecular weight excluding hydrogens is 298 g/mol. The summed E-state index contributed by atoms with van der Waals surface area (Å²) in [5.41, 5.74) is 0.588. The highest BCUT2D eigenvalue weighted by molar-refractivity contribution is 5.72. The molecule has 4 heteroatoms. The Balaban J connectivity index is 2.06. The number of ether oxygens (including phenoxy) is 2. The zero-order valence-electron chi connectivity index (χ0n) is 12.4. The molecule has 23 heavy (non-hydrogen) atoms. The second-order valence-electron chi connectivity index (χ2n) is 4.85. The van der Waals surface area contributed by atoms with E-state index in [0.29, 0.717) is 17.1 Å². The van der Waals surface area contributed by atoms with Gasteiger partial charge in [-0.1, -0.05) is 36.4 Å². The molecular formula is C19H14F2O2. The van der Waals surface area contributed by atoms with Crippen LogP contribution >= 0.6 is 0 Å². The molecule has 2 nitrogen and oxygen atoms in total. The Morgan fingerprint density at radius 2 is 1.35 bits per heavy atom. The second-order valence-corrected chi connectivity index (χ2v) is 4.85. The number of hydrogen-bond donors (Lipinski definition) is 0. The van der Waals surface area contributed by atoms with Gasteiger partial charge in [0.2, 0.25) is 5.82 Å². The van der Waals surface area contributed by atoms with Crippen molar-refractivity contribution in [1.82, 2.24) is 0 Å². The first-order valence-electron chi connectivity index (χ1n) is 7.05. The highest BCUT2D eigenvalue weighted by Gasteiger charge is 2.18.